The van der Waals surface area contributed by atoms with Crippen LogP contribution in [0.25, 0.3) is 0 Å². The Labute approximate surface area is 164 Å². The molecule has 1 atom stereocenters. The third kappa shape index (κ3) is 4.03. The van der Waals surface area contributed by atoms with Crippen LogP contribution in [0.15, 0.2) is 42.5 Å². The smallest absolute Gasteiger partial charge is 0.227 e. The van der Waals surface area contributed by atoms with Crippen molar-refractivity contribution < 1.29 is 23.8 Å². The zero-order valence-corrected chi connectivity index (χ0v) is 16.2. The van der Waals surface area contributed by atoms with E-state index in [9.17, 15) is 9.59 Å². The quantitative estimate of drug-likeness (QED) is 0.793. The fourth-order valence-electron chi connectivity index (χ4n) is 3.30. The van der Waals surface area contributed by atoms with Gasteiger partial charge in [-0.05, 0) is 18.2 Å². The van der Waals surface area contributed by atoms with Crippen LogP contribution in [-0.2, 0) is 16.1 Å². The number of nitrogens with one attached hydrogen (secondary N) is 1. The predicted octanol–water partition coefficient (Wildman–Crippen LogP) is 2.38. The van der Waals surface area contributed by atoms with Crippen molar-refractivity contribution in [1.29, 1.82) is 0 Å². The van der Waals surface area contributed by atoms with Gasteiger partial charge in [0.15, 0.2) is 0 Å². The second-order valence-corrected chi connectivity index (χ2v) is 6.47. The molecule has 0 aliphatic carbocycles. The van der Waals surface area contributed by atoms with Gasteiger partial charge in [0.25, 0.3) is 0 Å². The number of carbonyl (C=O) groups is 2. The van der Waals surface area contributed by atoms with Crippen molar-refractivity contribution in [3.8, 4) is 17.2 Å². The summed E-state index contributed by atoms with van der Waals surface area (Å²) in [6.07, 6.45) is 0.160. The number of methoxy groups -OCH3 is 3. The second kappa shape index (κ2) is 8.65. The number of ether oxygens (including phenoxy) is 3. The van der Waals surface area contributed by atoms with Crippen molar-refractivity contribution >= 4 is 17.5 Å². The standard InChI is InChI=1S/C21H24N2O5/c1-26-16-8-9-17(19(11-16)28-3)23-13-15(10-20(23)24)21(25)22-12-14-6-4-5-7-18(14)27-2/h4-9,11,15H,10,12-13H2,1-3H3,(H,22,25). The summed E-state index contributed by atoms with van der Waals surface area (Å²) in [5, 5.41) is 2.91. The molecule has 0 radical (unpaired) electrons. The minimum absolute atomic E-state index is 0.110. The highest BCUT2D eigenvalue weighted by atomic mass is 16.5. The van der Waals surface area contributed by atoms with E-state index in [0.717, 1.165) is 11.3 Å². The van der Waals surface area contributed by atoms with Crippen molar-refractivity contribution in [3.63, 3.8) is 0 Å². The molecular weight excluding hydrogens is 360 g/mol. The van der Waals surface area contributed by atoms with Crippen molar-refractivity contribution in [1.82, 2.24) is 5.32 Å². The SMILES string of the molecule is COc1ccc(N2CC(C(=O)NCc3ccccc3OC)CC2=O)c(OC)c1. The van der Waals surface area contributed by atoms with Crippen molar-refractivity contribution in [2.75, 3.05) is 32.8 Å². The number of para-hydroxylation sites is 1. The molecule has 7 heteroatoms. The van der Waals surface area contributed by atoms with Gasteiger partial charge in [-0.15, -0.1) is 0 Å². The fraction of sp³-hybridized carbons (Fsp3) is 0.333. The van der Waals surface area contributed by atoms with Gasteiger partial charge in [-0.25, -0.2) is 0 Å². The van der Waals surface area contributed by atoms with Gasteiger partial charge in [0.1, 0.15) is 17.2 Å². The first kappa shape index (κ1) is 19.5. The average molecular weight is 384 g/mol. The largest absolute Gasteiger partial charge is 0.497 e. The maximum Gasteiger partial charge on any atom is 0.227 e. The highest BCUT2D eigenvalue weighted by Gasteiger charge is 2.36. The first-order valence-corrected chi connectivity index (χ1v) is 8.99. The summed E-state index contributed by atoms with van der Waals surface area (Å²) >= 11 is 0. The van der Waals surface area contributed by atoms with Gasteiger partial charge < -0.3 is 24.4 Å². The lowest BCUT2D eigenvalue weighted by Crippen LogP contribution is -2.32. The van der Waals surface area contributed by atoms with E-state index >= 15 is 0 Å². The predicted molar refractivity (Wildman–Crippen MR) is 105 cm³/mol. The van der Waals surface area contributed by atoms with Crippen LogP contribution in [-0.4, -0.2) is 39.7 Å². The molecule has 1 fully saturated rings. The Hall–Kier alpha value is -3.22. The maximum absolute atomic E-state index is 12.6. The summed E-state index contributed by atoms with van der Waals surface area (Å²) in [6, 6.07) is 12.8. The molecule has 1 saturated heterocycles. The lowest BCUT2D eigenvalue weighted by Gasteiger charge is -2.20. The van der Waals surface area contributed by atoms with Crippen LogP contribution >= 0.6 is 0 Å². The van der Waals surface area contributed by atoms with Gasteiger partial charge in [0, 0.05) is 31.1 Å². The molecule has 3 rings (SSSR count). The van der Waals surface area contributed by atoms with Gasteiger partial charge in [0.2, 0.25) is 11.8 Å². The van der Waals surface area contributed by atoms with Crippen molar-refractivity contribution in [2.24, 2.45) is 5.92 Å². The summed E-state index contributed by atoms with van der Waals surface area (Å²) in [7, 11) is 4.70. The number of anilines is 1. The number of nitrogens with zero attached hydrogens (tertiary/aromatic N) is 1. The molecule has 1 aliphatic heterocycles. The lowest BCUT2D eigenvalue weighted by molar-refractivity contribution is -0.126. The number of hydrogen-bond donors (Lipinski definition) is 1. The number of carbonyl (C=O) groups excluding carboxylic acids is 2. The Morgan fingerprint density at radius 1 is 1.07 bits per heavy atom. The first-order valence-electron chi connectivity index (χ1n) is 8.99. The molecule has 2 amide bonds. The topological polar surface area (TPSA) is 77.1 Å². The van der Waals surface area contributed by atoms with Gasteiger partial charge in [0.05, 0.1) is 32.9 Å². The molecule has 1 unspecified atom stereocenters. The molecule has 2 aromatic carbocycles. The summed E-state index contributed by atoms with van der Waals surface area (Å²) in [6.45, 7) is 0.651. The Morgan fingerprint density at radius 2 is 1.82 bits per heavy atom. The van der Waals surface area contributed by atoms with Gasteiger partial charge >= 0.3 is 0 Å². The maximum atomic E-state index is 12.6. The van der Waals surface area contributed by atoms with E-state index < -0.39 is 5.92 Å². The van der Waals surface area contributed by atoms with E-state index in [1.54, 1.807) is 37.3 Å². The molecule has 0 spiro atoms. The summed E-state index contributed by atoms with van der Waals surface area (Å²) < 4.78 is 15.9. The van der Waals surface area contributed by atoms with Gasteiger partial charge in [-0.1, -0.05) is 18.2 Å². The Balaban J connectivity index is 1.68. The van der Waals surface area contributed by atoms with Crippen molar-refractivity contribution in [3.05, 3.63) is 48.0 Å². The monoisotopic (exact) mass is 384 g/mol. The molecule has 0 bridgehead atoms. The van der Waals surface area contributed by atoms with Crippen molar-refractivity contribution in [2.45, 2.75) is 13.0 Å². The van der Waals surface area contributed by atoms with E-state index in [-0.39, 0.29) is 18.2 Å². The summed E-state index contributed by atoms with van der Waals surface area (Å²) in [5.74, 6) is 1.19. The zero-order chi connectivity index (χ0) is 20.1. The lowest BCUT2D eigenvalue weighted by atomic mass is 10.1. The van der Waals surface area contributed by atoms with Crippen LogP contribution in [0.4, 0.5) is 5.69 Å². The number of amides is 2. The molecule has 0 saturated carbocycles. The van der Waals surface area contributed by atoms with Gasteiger partial charge in [-0.2, -0.15) is 0 Å². The van der Waals surface area contributed by atoms with Crippen LogP contribution in [0, 0.1) is 5.92 Å². The molecule has 148 valence electrons. The molecule has 28 heavy (non-hydrogen) atoms. The fourth-order valence-corrected chi connectivity index (χ4v) is 3.30. The molecule has 7 nitrogen and oxygen atoms in total. The average Bonchev–Trinajstić information content (AvgIpc) is 3.13. The third-order valence-corrected chi connectivity index (χ3v) is 4.82. The molecule has 2 aromatic rings. The summed E-state index contributed by atoms with van der Waals surface area (Å²) in [4.78, 5) is 26.7. The molecule has 1 heterocycles. The van der Waals surface area contributed by atoms with Crippen LogP contribution < -0.4 is 24.4 Å². The Kier molecular flexibility index (Phi) is 6.03. The minimum Gasteiger partial charge on any atom is -0.497 e. The summed E-state index contributed by atoms with van der Waals surface area (Å²) in [5.41, 5.74) is 1.52. The van der Waals surface area contributed by atoms with Crippen LogP contribution in [0.1, 0.15) is 12.0 Å². The van der Waals surface area contributed by atoms with E-state index in [1.165, 1.54) is 7.11 Å². The third-order valence-electron chi connectivity index (χ3n) is 4.82. The van der Waals surface area contributed by atoms with Crippen LogP contribution in [0.2, 0.25) is 0 Å². The molecule has 1 aliphatic rings. The zero-order valence-electron chi connectivity index (χ0n) is 16.2. The van der Waals surface area contributed by atoms with E-state index in [0.29, 0.717) is 30.3 Å². The van der Waals surface area contributed by atoms with Crippen LogP contribution in [0.3, 0.4) is 0 Å². The van der Waals surface area contributed by atoms with Gasteiger partial charge in [-0.3, -0.25) is 9.59 Å². The molecular formula is C21H24N2O5. The minimum atomic E-state index is -0.422. The molecule has 0 aromatic heterocycles. The highest BCUT2D eigenvalue weighted by molar-refractivity contribution is 6.01. The molecule has 1 N–H and O–H groups in total. The number of benzene rings is 2. The normalized spacial score (nSPS) is 16.0. The first-order chi connectivity index (χ1) is 13.6. The van der Waals surface area contributed by atoms with E-state index in [1.807, 2.05) is 24.3 Å². The number of rotatable bonds is 7. The number of hydrogen-bond acceptors (Lipinski definition) is 5. The second-order valence-electron chi connectivity index (χ2n) is 6.47. The Morgan fingerprint density at radius 3 is 2.54 bits per heavy atom. The highest BCUT2D eigenvalue weighted by Crippen LogP contribution is 2.35. The van der Waals surface area contributed by atoms with E-state index in [2.05, 4.69) is 5.32 Å². The van der Waals surface area contributed by atoms with E-state index in [4.69, 9.17) is 14.2 Å². The van der Waals surface area contributed by atoms with Crippen LogP contribution in [0.5, 0.6) is 17.2 Å². The Bertz CT molecular complexity index is 868.